The van der Waals surface area contributed by atoms with E-state index in [0.29, 0.717) is 31.6 Å². The Labute approximate surface area is 114 Å². The van der Waals surface area contributed by atoms with Crippen molar-refractivity contribution in [1.29, 1.82) is 0 Å². The van der Waals surface area contributed by atoms with E-state index in [1.165, 1.54) is 13.3 Å². The van der Waals surface area contributed by atoms with Crippen LogP contribution in [-0.2, 0) is 0 Å². The van der Waals surface area contributed by atoms with E-state index in [-0.39, 0.29) is 10.7 Å². The molecule has 0 radical (unpaired) electrons. The van der Waals surface area contributed by atoms with Gasteiger partial charge in [0.1, 0.15) is 23.3 Å². The van der Waals surface area contributed by atoms with E-state index < -0.39 is 12.3 Å². The van der Waals surface area contributed by atoms with Crippen molar-refractivity contribution in [2.24, 2.45) is 0 Å². The lowest BCUT2D eigenvalue weighted by molar-refractivity contribution is 0.365. The standard InChI is InChI=1S/C12H15ClF3N3/c1-8(14)11-10(13)12(19-7-18-11)17-6-4-2-3-5-9(15)16/h5,7-8H,2-4,6H2,1H3,(H,17,18,19). The third-order valence-electron chi connectivity index (χ3n) is 2.42. The van der Waals surface area contributed by atoms with E-state index in [1.807, 2.05) is 0 Å². The summed E-state index contributed by atoms with van der Waals surface area (Å²) >= 11 is 5.95. The van der Waals surface area contributed by atoms with E-state index in [9.17, 15) is 13.2 Å². The van der Waals surface area contributed by atoms with Crippen LogP contribution in [0.15, 0.2) is 18.5 Å². The maximum atomic E-state index is 13.2. The summed E-state index contributed by atoms with van der Waals surface area (Å²) in [5.74, 6) is 0.364. The van der Waals surface area contributed by atoms with Crippen molar-refractivity contribution in [3.05, 3.63) is 29.2 Å². The first kappa shape index (κ1) is 15.8. The average molecular weight is 294 g/mol. The summed E-state index contributed by atoms with van der Waals surface area (Å²) in [6, 6.07) is 0. The van der Waals surface area contributed by atoms with Crippen LogP contribution in [0.4, 0.5) is 19.0 Å². The number of rotatable bonds is 7. The van der Waals surface area contributed by atoms with Crippen LogP contribution in [0.3, 0.4) is 0 Å². The van der Waals surface area contributed by atoms with Crippen LogP contribution in [0.5, 0.6) is 0 Å². The first-order valence-electron chi connectivity index (χ1n) is 5.92. The van der Waals surface area contributed by atoms with E-state index in [2.05, 4.69) is 15.3 Å². The van der Waals surface area contributed by atoms with E-state index in [1.54, 1.807) is 0 Å². The van der Waals surface area contributed by atoms with Crippen molar-refractivity contribution in [3.8, 4) is 0 Å². The molecule has 1 aromatic heterocycles. The van der Waals surface area contributed by atoms with E-state index >= 15 is 0 Å². The Morgan fingerprint density at radius 1 is 1.42 bits per heavy atom. The zero-order valence-corrected chi connectivity index (χ0v) is 11.2. The topological polar surface area (TPSA) is 37.8 Å². The lowest BCUT2D eigenvalue weighted by Crippen LogP contribution is -2.06. The van der Waals surface area contributed by atoms with Crippen LogP contribution in [0.2, 0.25) is 5.02 Å². The number of allylic oxidation sites excluding steroid dienone is 1. The molecule has 0 saturated carbocycles. The third-order valence-corrected chi connectivity index (χ3v) is 2.79. The van der Waals surface area contributed by atoms with Gasteiger partial charge in [-0.2, -0.15) is 8.78 Å². The third kappa shape index (κ3) is 5.46. The predicted molar refractivity (Wildman–Crippen MR) is 69.2 cm³/mol. The molecule has 3 nitrogen and oxygen atoms in total. The maximum Gasteiger partial charge on any atom is 0.266 e. The molecule has 0 aliphatic carbocycles. The lowest BCUT2D eigenvalue weighted by atomic mass is 10.2. The largest absolute Gasteiger partial charge is 0.369 e. The highest BCUT2D eigenvalue weighted by atomic mass is 35.5. The summed E-state index contributed by atoms with van der Waals surface area (Å²) in [7, 11) is 0. The highest BCUT2D eigenvalue weighted by Crippen LogP contribution is 2.28. The molecule has 1 rings (SSSR count). The second kappa shape index (κ2) is 7.99. The van der Waals surface area contributed by atoms with Gasteiger partial charge in [-0.25, -0.2) is 14.4 Å². The molecule has 0 amide bonds. The SMILES string of the molecule is CC(F)c1ncnc(NCCCCC=C(F)F)c1Cl. The van der Waals surface area contributed by atoms with Gasteiger partial charge in [0.25, 0.3) is 6.08 Å². The molecule has 1 aromatic rings. The molecule has 1 N–H and O–H groups in total. The summed E-state index contributed by atoms with van der Waals surface area (Å²) < 4.78 is 36.7. The number of anilines is 1. The number of hydrogen-bond acceptors (Lipinski definition) is 3. The number of halogens is 4. The molecular weight excluding hydrogens is 279 g/mol. The molecule has 7 heteroatoms. The monoisotopic (exact) mass is 293 g/mol. The van der Waals surface area contributed by atoms with Crippen molar-refractivity contribution in [2.75, 3.05) is 11.9 Å². The Balaban J connectivity index is 2.41. The van der Waals surface area contributed by atoms with Crippen LogP contribution < -0.4 is 5.32 Å². The van der Waals surface area contributed by atoms with Gasteiger partial charge >= 0.3 is 0 Å². The Bertz CT molecular complexity index is 434. The fourth-order valence-corrected chi connectivity index (χ4v) is 1.79. The number of aromatic nitrogens is 2. The van der Waals surface area contributed by atoms with Gasteiger partial charge in [-0.1, -0.05) is 11.6 Å². The second-order valence-electron chi connectivity index (χ2n) is 3.95. The van der Waals surface area contributed by atoms with Crippen LogP contribution in [0, 0.1) is 0 Å². The van der Waals surface area contributed by atoms with Gasteiger partial charge in [-0.3, -0.25) is 0 Å². The quantitative estimate of drug-likeness (QED) is 0.751. The molecule has 0 saturated heterocycles. The second-order valence-corrected chi connectivity index (χ2v) is 4.33. The molecule has 0 aliphatic heterocycles. The molecule has 1 heterocycles. The summed E-state index contributed by atoms with van der Waals surface area (Å²) in [4.78, 5) is 7.68. The predicted octanol–water partition coefficient (Wildman–Crippen LogP) is 4.52. The minimum atomic E-state index is -1.66. The first-order valence-corrected chi connectivity index (χ1v) is 6.29. The van der Waals surface area contributed by atoms with Crippen molar-refractivity contribution in [3.63, 3.8) is 0 Å². The molecule has 0 aliphatic rings. The fourth-order valence-electron chi connectivity index (χ4n) is 1.47. The van der Waals surface area contributed by atoms with E-state index in [0.717, 1.165) is 6.08 Å². The zero-order chi connectivity index (χ0) is 14.3. The molecule has 19 heavy (non-hydrogen) atoms. The molecule has 0 fully saturated rings. The van der Waals surface area contributed by atoms with Gasteiger partial charge in [0.2, 0.25) is 0 Å². The van der Waals surface area contributed by atoms with Crippen LogP contribution in [-0.4, -0.2) is 16.5 Å². The summed E-state index contributed by atoms with van der Waals surface area (Å²) in [5.41, 5.74) is 0.140. The van der Waals surface area contributed by atoms with Gasteiger partial charge in [0, 0.05) is 6.54 Å². The normalized spacial score (nSPS) is 12.1. The first-order chi connectivity index (χ1) is 9.02. The zero-order valence-electron chi connectivity index (χ0n) is 10.5. The van der Waals surface area contributed by atoms with Crippen molar-refractivity contribution in [2.45, 2.75) is 32.4 Å². The molecule has 106 valence electrons. The number of hydrogen-bond donors (Lipinski definition) is 1. The number of alkyl halides is 1. The maximum absolute atomic E-state index is 13.2. The molecule has 1 unspecified atom stereocenters. The summed E-state index contributed by atoms with van der Waals surface area (Å²) in [6.07, 6.45) is 0.835. The minimum absolute atomic E-state index is 0.140. The Morgan fingerprint density at radius 3 is 2.79 bits per heavy atom. The molecule has 0 bridgehead atoms. The Hall–Kier alpha value is -1.30. The number of unbranched alkanes of at least 4 members (excludes halogenated alkanes) is 2. The molecule has 0 spiro atoms. The molecule has 1 atom stereocenters. The van der Waals surface area contributed by atoms with Gasteiger partial charge in [0.15, 0.2) is 0 Å². The van der Waals surface area contributed by atoms with Crippen LogP contribution in [0.25, 0.3) is 0 Å². The number of nitrogens with zero attached hydrogens (tertiary/aromatic N) is 2. The fraction of sp³-hybridized carbons (Fsp3) is 0.500. The van der Waals surface area contributed by atoms with Crippen LogP contribution in [0.1, 0.15) is 38.1 Å². The Morgan fingerprint density at radius 2 is 2.16 bits per heavy atom. The summed E-state index contributed by atoms with van der Waals surface area (Å²) in [5, 5.41) is 3.10. The van der Waals surface area contributed by atoms with Crippen molar-refractivity contribution in [1.82, 2.24) is 9.97 Å². The number of nitrogens with one attached hydrogen (secondary N) is 1. The minimum Gasteiger partial charge on any atom is -0.369 e. The van der Waals surface area contributed by atoms with Gasteiger partial charge in [-0.15, -0.1) is 0 Å². The van der Waals surface area contributed by atoms with Crippen molar-refractivity contribution >= 4 is 17.4 Å². The van der Waals surface area contributed by atoms with Gasteiger partial charge in [0.05, 0.1) is 5.69 Å². The Kier molecular flexibility index (Phi) is 6.62. The molecular formula is C12H15ClF3N3. The van der Waals surface area contributed by atoms with Crippen LogP contribution >= 0.6 is 11.6 Å². The smallest absolute Gasteiger partial charge is 0.266 e. The molecule has 0 aromatic carbocycles. The van der Waals surface area contributed by atoms with E-state index in [4.69, 9.17) is 11.6 Å². The average Bonchev–Trinajstić information content (AvgIpc) is 2.34. The van der Waals surface area contributed by atoms with Crippen molar-refractivity contribution < 1.29 is 13.2 Å². The highest BCUT2D eigenvalue weighted by molar-refractivity contribution is 6.33. The lowest BCUT2D eigenvalue weighted by Gasteiger charge is -2.10. The summed E-state index contributed by atoms with van der Waals surface area (Å²) in [6.45, 7) is 1.87. The van der Waals surface area contributed by atoms with Gasteiger partial charge in [-0.05, 0) is 32.3 Å². The van der Waals surface area contributed by atoms with Gasteiger partial charge < -0.3 is 5.32 Å². The highest BCUT2D eigenvalue weighted by Gasteiger charge is 2.13.